The van der Waals surface area contributed by atoms with E-state index in [-0.39, 0.29) is 49.6 Å². The van der Waals surface area contributed by atoms with E-state index in [1.54, 1.807) is 29.2 Å². The largest absolute Gasteiger partial charge is 0.494 e. The zero-order valence-electron chi connectivity index (χ0n) is 17.9. The molecule has 10 heteroatoms. The van der Waals surface area contributed by atoms with E-state index in [1.165, 1.54) is 24.3 Å². The first-order valence-electron chi connectivity index (χ1n) is 10.4. The maximum Gasteiger partial charge on any atom is 0.311 e. The first kappa shape index (κ1) is 22.3. The summed E-state index contributed by atoms with van der Waals surface area (Å²) in [5.74, 6) is -0.0936. The highest BCUT2D eigenvalue weighted by Gasteiger charge is 2.36. The van der Waals surface area contributed by atoms with E-state index in [0.717, 1.165) is 0 Å². The van der Waals surface area contributed by atoms with Gasteiger partial charge in [0, 0.05) is 18.7 Å². The molecule has 3 aromatic rings. The normalized spacial score (nSPS) is 15.5. The molecule has 0 radical (unpaired) electrons. The van der Waals surface area contributed by atoms with E-state index in [4.69, 9.17) is 18.7 Å². The molecule has 0 spiro atoms. The minimum atomic E-state index is -0.590. The van der Waals surface area contributed by atoms with Crippen LogP contribution < -0.4 is 14.4 Å². The summed E-state index contributed by atoms with van der Waals surface area (Å²) < 4.78 is 34.1. The number of ether oxygens (including phenoxy) is 3. The van der Waals surface area contributed by atoms with Crippen LogP contribution in [-0.2, 0) is 27.5 Å². The summed E-state index contributed by atoms with van der Waals surface area (Å²) in [6.07, 6.45) is 0.0621. The monoisotopic (exact) mass is 455 g/mol. The van der Waals surface area contributed by atoms with Gasteiger partial charge in [0.15, 0.2) is 13.2 Å². The summed E-state index contributed by atoms with van der Waals surface area (Å²) in [5, 5.41) is 3.76. The number of carbonyl (C=O) groups is 2. The summed E-state index contributed by atoms with van der Waals surface area (Å²) in [6, 6.07) is 12.7. The van der Waals surface area contributed by atoms with Crippen LogP contribution in [0.15, 0.2) is 53.1 Å². The van der Waals surface area contributed by atoms with Crippen LogP contribution in [0.25, 0.3) is 0 Å². The Kier molecular flexibility index (Phi) is 6.82. The van der Waals surface area contributed by atoms with Crippen molar-refractivity contribution in [2.24, 2.45) is 5.92 Å². The maximum absolute atomic E-state index is 12.9. The Balaban J connectivity index is 1.26. The number of hydrogen-bond donors (Lipinski definition) is 0. The Bertz CT molecular complexity index is 1100. The van der Waals surface area contributed by atoms with Crippen molar-refractivity contribution in [3.63, 3.8) is 0 Å². The Morgan fingerprint density at radius 3 is 2.52 bits per heavy atom. The first-order chi connectivity index (χ1) is 16.0. The lowest BCUT2D eigenvalue weighted by molar-refractivity contribution is -0.150. The van der Waals surface area contributed by atoms with Gasteiger partial charge in [-0.05, 0) is 55.5 Å². The highest BCUT2D eigenvalue weighted by atomic mass is 19.1. The second-order valence-electron chi connectivity index (χ2n) is 7.29. The number of carbonyl (C=O) groups excluding carboxylic acids is 2. The molecule has 0 N–H and O–H groups in total. The zero-order chi connectivity index (χ0) is 23.2. The van der Waals surface area contributed by atoms with Gasteiger partial charge in [-0.2, -0.15) is 4.98 Å². The van der Waals surface area contributed by atoms with Gasteiger partial charge in [-0.3, -0.25) is 9.59 Å². The first-order valence-corrected chi connectivity index (χ1v) is 10.4. The number of aromatic nitrogens is 2. The SMILES string of the molecule is CCOc1ccc(N2CC(C(=O)OCc3nc(COc4ccc(F)cc4)no3)CC2=O)cc1. The molecule has 1 fully saturated rings. The van der Waals surface area contributed by atoms with Crippen LogP contribution >= 0.6 is 0 Å². The van der Waals surface area contributed by atoms with Crippen LogP contribution in [0.4, 0.5) is 10.1 Å². The number of benzene rings is 2. The summed E-state index contributed by atoms with van der Waals surface area (Å²) in [5.41, 5.74) is 0.696. The molecule has 0 saturated carbocycles. The van der Waals surface area contributed by atoms with Crippen LogP contribution in [-0.4, -0.2) is 35.2 Å². The predicted molar refractivity (Wildman–Crippen MR) is 113 cm³/mol. The fourth-order valence-corrected chi connectivity index (χ4v) is 3.34. The minimum absolute atomic E-state index is 0.0112. The highest BCUT2D eigenvalue weighted by molar-refractivity contribution is 5.99. The van der Waals surface area contributed by atoms with Crippen LogP contribution in [0.2, 0.25) is 0 Å². The van der Waals surface area contributed by atoms with E-state index >= 15 is 0 Å². The molecule has 1 saturated heterocycles. The molecule has 1 aromatic heterocycles. The van der Waals surface area contributed by atoms with E-state index < -0.39 is 11.9 Å². The van der Waals surface area contributed by atoms with Crippen molar-refractivity contribution >= 4 is 17.6 Å². The van der Waals surface area contributed by atoms with Crippen molar-refractivity contribution < 1.29 is 32.7 Å². The molecule has 9 nitrogen and oxygen atoms in total. The van der Waals surface area contributed by atoms with Gasteiger partial charge in [0.2, 0.25) is 11.7 Å². The van der Waals surface area contributed by atoms with Gasteiger partial charge in [0.05, 0.1) is 12.5 Å². The zero-order valence-corrected chi connectivity index (χ0v) is 17.9. The van der Waals surface area contributed by atoms with Crippen molar-refractivity contribution in [3.05, 3.63) is 66.1 Å². The van der Waals surface area contributed by atoms with Gasteiger partial charge in [0.25, 0.3) is 5.89 Å². The van der Waals surface area contributed by atoms with Gasteiger partial charge >= 0.3 is 5.97 Å². The molecule has 172 valence electrons. The molecule has 2 heterocycles. The molecular formula is C23H22FN3O6. The van der Waals surface area contributed by atoms with Crippen LogP contribution in [0.5, 0.6) is 11.5 Å². The number of rotatable bonds is 9. The second kappa shape index (κ2) is 10.1. The average Bonchev–Trinajstić information content (AvgIpc) is 3.44. The molecule has 0 aliphatic carbocycles. The van der Waals surface area contributed by atoms with Crippen molar-refractivity contribution in [1.82, 2.24) is 10.1 Å². The van der Waals surface area contributed by atoms with E-state index in [2.05, 4.69) is 10.1 Å². The smallest absolute Gasteiger partial charge is 0.311 e. The van der Waals surface area contributed by atoms with Crippen molar-refractivity contribution in [1.29, 1.82) is 0 Å². The molecule has 1 aliphatic rings. The minimum Gasteiger partial charge on any atom is -0.494 e. The van der Waals surface area contributed by atoms with Crippen molar-refractivity contribution in [3.8, 4) is 11.5 Å². The van der Waals surface area contributed by atoms with Crippen LogP contribution in [0, 0.1) is 11.7 Å². The maximum atomic E-state index is 12.9. The Hall–Kier alpha value is -3.95. The van der Waals surface area contributed by atoms with Gasteiger partial charge in [0.1, 0.15) is 17.3 Å². The molecule has 0 bridgehead atoms. The van der Waals surface area contributed by atoms with Gasteiger partial charge in [-0.15, -0.1) is 0 Å². The molecule has 4 rings (SSSR count). The second-order valence-corrected chi connectivity index (χ2v) is 7.29. The molecule has 2 aromatic carbocycles. The molecule has 1 unspecified atom stereocenters. The summed E-state index contributed by atoms with van der Waals surface area (Å²) in [7, 11) is 0. The number of esters is 1. The van der Waals surface area contributed by atoms with Crippen LogP contribution in [0.1, 0.15) is 25.1 Å². The lowest BCUT2D eigenvalue weighted by atomic mass is 10.1. The lowest BCUT2D eigenvalue weighted by Crippen LogP contribution is -2.26. The molecule has 33 heavy (non-hydrogen) atoms. The van der Waals surface area contributed by atoms with E-state index in [9.17, 15) is 14.0 Å². The van der Waals surface area contributed by atoms with E-state index in [1.807, 2.05) is 6.92 Å². The lowest BCUT2D eigenvalue weighted by Gasteiger charge is -2.17. The van der Waals surface area contributed by atoms with Crippen molar-refractivity contribution in [2.75, 3.05) is 18.1 Å². The van der Waals surface area contributed by atoms with E-state index in [0.29, 0.717) is 23.8 Å². The Labute approximate surface area is 189 Å². The fourth-order valence-electron chi connectivity index (χ4n) is 3.34. The third-order valence-corrected chi connectivity index (χ3v) is 4.95. The Morgan fingerprint density at radius 1 is 1.09 bits per heavy atom. The third kappa shape index (κ3) is 5.65. The van der Waals surface area contributed by atoms with Crippen molar-refractivity contribution in [2.45, 2.75) is 26.6 Å². The molecular weight excluding hydrogens is 433 g/mol. The van der Waals surface area contributed by atoms with Gasteiger partial charge in [-0.25, -0.2) is 4.39 Å². The number of amides is 1. The molecule has 1 atom stereocenters. The topological polar surface area (TPSA) is 104 Å². The number of anilines is 1. The molecule has 1 aliphatic heterocycles. The Morgan fingerprint density at radius 2 is 1.79 bits per heavy atom. The highest BCUT2D eigenvalue weighted by Crippen LogP contribution is 2.27. The standard InChI is InChI=1S/C23H22FN3O6/c1-2-30-18-9-5-17(6-10-18)27-12-15(11-22(27)28)23(29)32-14-21-25-20(26-33-21)13-31-19-7-3-16(24)4-8-19/h3-10,15H,2,11-14H2,1H3. The van der Waals surface area contributed by atoms with Gasteiger partial charge in [-0.1, -0.05) is 5.16 Å². The van der Waals surface area contributed by atoms with Gasteiger partial charge < -0.3 is 23.6 Å². The average molecular weight is 455 g/mol. The van der Waals surface area contributed by atoms with Crippen LogP contribution in [0.3, 0.4) is 0 Å². The quantitative estimate of drug-likeness (QED) is 0.453. The summed E-state index contributed by atoms with van der Waals surface area (Å²) in [6.45, 7) is 2.48. The fraction of sp³-hybridized carbons (Fsp3) is 0.304. The predicted octanol–water partition coefficient (Wildman–Crippen LogP) is 3.28. The third-order valence-electron chi connectivity index (χ3n) is 4.95. The summed E-state index contributed by atoms with van der Waals surface area (Å²) in [4.78, 5) is 30.5. The summed E-state index contributed by atoms with van der Waals surface area (Å²) >= 11 is 0. The number of halogens is 1. The molecule has 1 amide bonds. The number of nitrogens with zero attached hydrogens (tertiary/aromatic N) is 3. The number of hydrogen-bond acceptors (Lipinski definition) is 8.